The highest BCUT2D eigenvalue weighted by atomic mass is 32.1. The summed E-state index contributed by atoms with van der Waals surface area (Å²) in [5.41, 5.74) is 2.33. The third-order valence-electron chi connectivity index (χ3n) is 3.36. The van der Waals surface area contributed by atoms with Crippen LogP contribution >= 0.6 is 25.8 Å². The summed E-state index contributed by atoms with van der Waals surface area (Å²) in [5.74, 6) is 1.48. The van der Waals surface area contributed by atoms with Crippen molar-refractivity contribution in [3.8, 4) is 11.5 Å². The summed E-state index contributed by atoms with van der Waals surface area (Å²) < 4.78 is 9.77. The molecule has 0 N–H and O–H groups in total. The topological polar surface area (TPSA) is 18.5 Å². The van der Waals surface area contributed by atoms with Crippen LogP contribution in [0.1, 0.15) is 25.0 Å². The molecule has 19 heavy (non-hydrogen) atoms. The maximum absolute atomic E-state index is 4.89. The van der Waals surface area contributed by atoms with Crippen LogP contribution in [0, 0.1) is 0 Å². The first-order valence-electron chi connectivity index (χ1n) is 5.92. The molecule has 2 nitrogen and oxygen atoms in total. The summed E-state index contributed by atoms with van der Waals surface area (Å²) in [6.45, 7) is 4.36. The molecule has 2 aromatic rings. The number of hydrogen-bond donors (Lipinski definition) is 2. The average Bonchev–Trinajstić information content (AvgIpc) is 2.47. The standard InChI is InChI=1S/C15H16O2S2/c1-15(2,11-3-7-13(16-18)8-4-11)12-5-9-14(17-19)10-6-12/h3-10,18-19H,1-2H3. The molecule has 100 valence electrons. The Balaban J connectivity index is 2.33. The van der Waals surface area contributed by atoms with Crippen LogP contribution in [0.2, 0.25) is 0 Å². The van der Waals surface area contributed by atoms with Crippen molar-refractivity contribution in [3.63, 3.8) is 0 Å². The summed E-state index contributed by atoms with van der Waals surface area (Å²) in [4.78, 5) is 0. The van der Waals surface area contributed by atoms with Gasteiger partial charge in [-0.25, -0.2) is 0 Å². The van der Waals surface area contributed by atoms with Crippen molar-refractivity contribution in [1.29, 1.82) is 0 Å². The largest absolute Gasteiger partial charge is 0.429 e. The summed E-state index contributed by atoms with van der Waals surface area (Å²) in [7, 11) is 0. The molecule has 0 aliphatic heterocycles. The number of rotatable bonds is 4. The van der Waals surface area contributed by atoms with E-state index in [0.717, 1.165) is 11.5 Å². The highest BCUT2D eigenvalue weighted by molar-refractivity contribution is 7.75. The molecule has 0 amide bonds. The maximum Gasteiger partial charge on any atom is 0.137 e. The molecule has 0 aromatic heterocycles. The first kappa shape index (κ1) is 14.2. The molecular formula is C15H16O2S2. The Morgan fingerprint density at radius 2 is 1.00 bits per heavy atom. The quantitative estimate of drug-likeness (QED) is 0.640. The molecule has 0 radical (unpaired) electrons. The van der Waals surface area contributed by atoms with Gasteiger partial charge in [0.15, 0.2) is 0 Å². The fourth-order valence-electron chi connectivity index (χ4n) is 2.03. The second-order valence-corrected chi connectivity index (χ2v) is 5.22. The lowest BCUT2D eigenvalue weighted by atomic mass is 9.78. The zero-order valence-electron chi connectivity index (χ0n) is 10.8. The van der Waals surface area contributed by atoms with E-state index in [1.165, 1.54) is 11.1 Å². The van der Waals surface area contributed by atoms with Gasteiger partial charge in [-0.3, -0.25) is 0 Å². The van der Waals surface area contributed by atoms with Gasteiger partial charge in [0.1, 0.15) is 11.5 Å². The van der Waals surface area contributed by atoms with Crippen molar-refractivity contribution in [3.05, 3.63) is 59.7 Å². The van der Waals surface area contributed by atoms with E-state index in [-0.39, 0.29) is 5.41 Å². The highest BCUT2D eigenvalue weighted by Gasteiger charge is 2.23. The van der Waals surface area contributed by atoms with Gasteiger partial charge in [-0.2, -0.15) is 0 Å². The third-order valence-corrected chi connectivity index (χ3v) is 3.78. The van der Waals surface area contributed by atoms with Crippen LogP contribution in [0.15, 0.2) is 48.5 Å². The minimum Gasteiger partial charge on any atom is -0.429 e. The van der Waals surface area contributed by atoms with Gasteiger partial charge < -0.3 is 8.37 Å². The fourth-order valence-corrected chi connectivity index (χ4v) is 2.28. The molecule has 0 saturated heterocycles. The van der Waals surface area contributed by atoms with Crippen LogP contribution in [0.25, 0.3) is 0 Å². The Hall–Kier alpha value is -1.26. The molecule has 2 rings (SSSR count). The molecule has 0 unspecified atom stereocenters. The molecule has 0 bridgehead atoms. The smallest absolute Gasteiger partial charge is 0.137 e. The second-order valence-electron chi connectivity index (χ2n) is 4.86. The third kappa shape index (κ3) is 3.01. The van der Waals surface area contributed by atoms with E-state index in [1.807, 2.05) is 24.3 Å². The van der Waals surface area contributed by atoms with E-state index >= 15 is 0 Å². The van der Waals surface area contributed by atoms with Gasteiger partial charge >= 0.3 is 0 Å². The Kier molecular flexibility index (Phi) is 4.32. The normalized spacial score (nSPS) is 11.2. The summed E-state index contributed by atoms with van der Waals surface area (Å²) >= 11 is 7.58. The van der Waals surface area contributed by atoms with Gasteiger partial charge in [0.2, 0.25) is 0 Å². The zero-order chi connectivity index (χ0) is 13.9. The van der Waals surface area contributed by atoms with Gasteiger partial charge in [-0.1, -0.05) is 38.1 Å². The average molecular weight is 292 g/mol. The van der Waals surface area contributed by atoms with Gasteiger partial charge in [-0.15, -0.1) is 0 Å². The van der Waals surface area contributed by atoms with Crippen molar-refractivity contribution in [2.45, 2.75) is 19.3 Å². The van der Waals surface area contributed by atoms with Crippen LogP contribution in [-0.2, 0) is 5.41 Å². The van der Waals surface area contributed by atoms with Crippen LogP contribution in [0.4, 0.5) is 0 Å². The first-order chi connectivity index (χ1) is 9.07. The van der Waals surface area contributed by atoms with Crippen molar-refractivity contribution >= 4 is 25.8 Å². The van der Waals surface area contributed by atoms with Crippen molar-refractivity contribution in [1.82, 2.24) is 0 Å². The second kappa shape index (κ2) is 5.80. The molecule has 0 aliphatic rings. The van der Waals surface area contributed by atoms with E-state index < -0.39 is 0 Å². The molecule has 0 fully saturated rings. The Morgan fingerprint density at radius 1 is 0.684 bits per heavy atom. The van der Waals surface area contributed by atoms with E-state index in [4.69, 9.17) is 8.37 Å². The molecule has 0 heterocycles. The van der Waals surface area contributed by atoms with Crippen LogP contribution in [-0.4, -0.2) is 0 Å². The molecule has 4 heteroatoms. The maximum atomic E-state index is 4.89. The Labute approximate surface area is 125 Å². The van der Waals surface area contributed by atoms with Gasteiger partial charge in [0.05, 0.1) is 0 Å². The Morgan fingerprint density at radius 3 is 1.26 bits per heavy atom. The van der Waals surface area contributed by atoms with E-state index in [2.05, 4.69) is 63.9 Å². The summed E-state index contributed by atoms with van der Waals surface area (Å²) in [6.07, 6.45) is 0. The van der Waals surface area contributed by atoms with E-state index in [1.54, 1.807) is 0 Å². The lowest BCUT2D eigenvalue weighted by molar-refractivity contribution is 0.626. The van der Waals surface area contributed by atoms with E-state index in [9.17, 15) is 0 Å². The van der Waals surface area contributed by atoms with Crippen molar-refractivity contribution < 1.29 is 8.37 Å². The molecule has 0 atom stereocenters. The van der Waals surface area contributed by atoms with Gasteiger partial charge in [0.25, 0.3) is 0 Å². The molecule has 2 aromatic carbocycles. The minimum atomic E-state index is -0.0930. The number of benzene rings is 2. The van der Waals surface area contributed by atoms with Crippen molar-refractivity contribution in [2.24, 2.45) is 0 Å². The number of hydrogen-bond acceptors (Lipinski definition) is 4. The van der Waals surface area contributed by atoms with Crippen LogP contribution in [0.3, 0.4) is 0 Å². The molecule has 0 spiro atoms. The highest BCUT2D eigenvalue weighted by Crippen LogP contribution is 2.33. The van der Waals surface area contributed by atoms with Crippen LogP contribution < -0.4 is 8.37 Å². The minimum absolute atomic E-state index is 0.0930. The van der Waals surface area contributed by atoms with Gasteiger partial charge in [-0.05, 0) is 35.4 Å². The number of thiol groups is 2. The van der Waals surface area contributed by atoms with E-state index in [0.29, 0.717) is 0 Å². The SMILES string of the molecule is CC(C)(c1ccc(OS)cc1)c1ccc(OS)cc1. The molecule has 0 saturated carbocycles. The van der Waals surface area contributed by atoms with Crippen molar-refractivity contribution in [2.75, 3.05) is 0 Å². The van der Waals surface area contributed by atoms with Crippen LogP contribution in [0.5, 0.6) is 11.5 Å². The monoisotopic (exact) mass is 292 g/mol. The molecular weight excluding hydrogens is 276 g/mol. The first-order valence-corrected chi connectivity index (χ1v) is 6.65. The predicted molar refractivity (Wildman–Crippen MR) is 84.2 cm³/mol. The fraction of sp³-hybridized carbons (Fsp3) is 0.200. The molecule has 0 aliphatic carbocycles. The predicted octanol–water partition coefficient (Wildman–Crippen LogP) is 4.46. The van der Waals surface area contributed by atoms with Gasteiger partial charge in [0, 0.05) is 31.2 Å². The zero-order valence-corrected chi connectivity index (χ0v) is 12.6. The summed E-state index contributed by atoms with van der Waals surface area (Å²) in [6, 6.07) is 15.8. The lowest BCUT2D eigenvalue weighted by Gasteiger charge is -2.26. The Bertz CT molecular complexity index is 484. The summed E-state index contributed by atoms with van der Waals surface area (Å²) in [5, 5.41) is 0. The lowest BCUT2D eigenvalue weighted by Crippen LogP contribution is -2.18.